The van der Waals surface area contributed by atoms with Gasteiger partial charge in [-0.15, -0.1) is 0 Å². The number of unbranched alkanes of at least 4 members (excludes halogenated alkanes) is 6. The lowest BCUT2D eigenvalue weighted by molar-refractivity contribution is 0.285. The molecule has 0 amide bonds. The second-order valence-electron chi connectivity index (χ2n) is 7.30. The van der Waals surface area contributed by atoms with E-state index >= 15 is 0 Å². The maximum absolute atomic E-state index is 14.8. The maximum atomic E-state index is 14.8. The largest absolute Gasteiger partial charge is 0.492 e. The summed E-state index contributed by atoms with van der Waals surface area (Å²) in [5.74, 6) is -3.11. The van der Waals surface area contributed by atoms with Gasteiger partial charge in [0.25, 0.3) is 0 Å². The van der Waals surface area contributed by atoms with Crippen LogP contribution in [0.15, 0.2) is 24.3 Å². The third kappa shape index (κ3) is 6.56. The Hall–Kier alpha value is -1.88. The van der Waals surface area contributed by atoms with Gasteiger partial charge in [0.05, 0.1) is 13.2 Å². The molecule has 2 aromatic rings. The van der Waals surface area contributed by atoms with E-state index in [-0.39, 0.29) is 27.6 Å². The Kier molecular flexibility index (Phi) is 10.4. The maximum Gasteiger partial charge on any atom is 0.201 e. The van der Waals surface area contributed by atoms with Crippen LogP contribution < -0.4 is 9.47 Å². The molecule has 0 aromatic heterocycles. The molecular formula is C24H30ClF3O2. The summed E-state index contributed by atoms with van der Waals surface area (Å²) >= 11 is 6.06. The number of halogens is 4. The summed E-state index contributed by atoms with van der Waals surface area (Å²) in [5, 5.41) is -0.240. The summed E-state index contributed by atoms with van der Waals surface area (Å²) in [5.41, 5.74) is -0.330. The highest BCUT2D eigenvalue weighted by Gasteiger charge is 2.21. The first-order valence-electron chi connectivity index (χ1n) is 10.7. The topological polar surface area (TPSA) is 18.5 Å². The summed E-state index contributed by atoms with van der Waals surface area (Å²) in [6.07, 6.45) is 7.98. The monoisotopic (exact) mass is 442 g/mol. The lowest BCUT2D eigenvalue weighted by Gasteiger charge is -2.13. The number of hydrogen-bond acceptors (Lipinski definition) is 2. The lowest BCUT2D eigenvalue weighted by Crippen LogP contribution is -2.03. The normalized spacial score (nSPS) is 11.0. The minimum atomic E-state index is -1.16. The Bertz CT molecular complexity index is 812. The highest BCUT2D eigenvalue weighted by Crippen LogP contribution is 2.37. The minimum Gasteiger partial charge on any atom is -0.492 e. The molecule has 0 saturated carbocycles. The van der Waals surface area contributed by atoms with Crippen LogP contribution in [-0.4, -0.2) is 13.2 Å². The molecule has 0 unspecified atom stereocenters. The highest BCUT2D eigenvalue weighted by atomic mass is 35.5. The standard InChI is InChI=1S/C24H30ClF3O2/c1-3-5-7-8-10-16-30-20-14-12-18(23(27)24(20)28)17-11-13-19(21(25)22(17)26)29-15-9-6-4-2/h11-14H,3-10,15-16H2,1-2H3. The third-order valence-electron chi connectivity index (χ3n) is 4.89. The number of hydrogen-bond donors (Lipinski definition) is 0. The van der Waals surface area contributed by atoms with Crippen LogP contribution >= 0.6 is 11.6 Å². The molecule has 30 heavy (non-hydrogen) atoms. The zero-order valence-corrected chi connectivity index (χ0v) is 18.5. The van der Waals surface area contributed by atoms with E-state index in [1.807, 2.05) is 0 Å². The van der Waals surface area contributed by atoms with Crippen LogP contribution in [0, 0.1) is 17.5 Å². The molecule has 0 radical (unpaired) electrons. The second kappa shape index (κ2) is 12.7. The average molecular weight is 443 g/mol. The molecule has 6 heteroatoms. The predicted molar refractivity (Wildman–Crippen MR) is 116 cm³/mol. The molecule has 0 saturated heterocycles. The number of benzene rings is 2. The molecular weight excluding hydrogens is 413 g/mol. The second-order valence-corrected chi connectivity index (χ2v) is 7.67. The van der Waals surface area contributed by atoms with Crippen molar-refractivity contribution in [3.05, 3.63) is 46.7 Å². The van der Waals surface area contributed by atoms with Gasteiger partial charge in [-0.3, -0.25) is 0 Å². The van der Waals surface area contributed by atoms with Crippen molar-refractivity contribution in [2.24, 2.45) is 0 Å². The van der Waals surface area contributed by atoms with Gasteiger partial charge in [-0.2, -0.15) is 4.39 Å². The summed E-state index contributed by atoms with van der Waals surface area (Å²) in [6, 6.07) is 5.46. The molecule has 0 atom stereocenters. The van der Waals surface area contributed by atoms with Gasteiger partial charge in [0.15, 0.2) is 17.4 Å². The third-order valence-corrected chi connectivity index (χ3v) is 5.25. The van der Waals surface area contributed by atoms with E-state index in [1.54, 1.807) is 0 Å². The van der Waals surface area contributed by atoms with Crippen LogP contribution in [0.25, 0.3) is 11.1 Å². The minimum absolute atomic E-state index is 0.122. The summed E-state index contributed by atoms with van der Waals surface area (Å²) < 4.78 is 54.7. The Morgan fingerprint density at radius 1 is 0.633 bits per heavy atom. The van der Waals surface area contributed by atoms with Crippen LogP contribution in [0.1, 0.15) is 65.2 Å². The van der Waals surface area contributed by atoms with Gasteiger partial charge in [-0.25, -0.2) is 8.78 Å². The molecule has 0 N–H and O–H groups in total. The average Bonchev–Trinajstić information content (AvgIpc) is 2.74. The molecule has 2 rings (SSSR count). The first-order valence-corrected chi connectivity index (χ1v) is 11.1. The van der Waals surface area contributed by atoms with Gasteiger partial charge in [0.1, 0.15) is 10.8 Å². The summed E-state index contributed by atoms with van der Waals surface area (Å²) in [7, 11) is 0. The van der Waals surface area contributed by atoms with E-state index in [9.17, 15) is 13.2 Å². The first kappa shape index (κ1) is 24.4. The van der Waals surface area contributed by atoms with Crippen molar-refractivity contribution in [2.45, 2.75) is 65.2 Å². The van der Waals surface area contributed by atoms with Crippen molar-refractivity contribution in [2.75, 3.05) is 13.2 Å². The van der Waals surface area contributed by atoms with E-state index in [1.165, 1.54) is 24.3 Å². The summed E-state index contributed by atoms with van der Waals surface area (Å²) in [6.45, 7) is 4.92. The van der Waals surface area contributed by atoms with Crippen molar-refractivity contribution >= 4 is 11.6 Å². The fourth-order valence-electron chi connectivity index (χ4n) is 3.12. The van der Waals surface area contributed by atoms with E-state index in [0.29, 0.717) is 13.2 Å². The fraction of sp³-hybridized carbons (Fsp3) is 0.500. The molecule has 0 aliphatic heterocycles. The van der Waals surface area contributed by atoms with Crippen molar-refractivity contribution < 1.29 is 22.6 Å². The molecule has 166 valence electrons. The fourth-order valence-corrected chi connectivity index (χ4v) is 3.34. The van der Waals surface area contributed by atoms with Crippen LogP contribution in [0.3, 0.4) is 0 Å². The van der Waals surface area contributed by atoms with Gasteiger partial charge in [-0.05, 0) is 37.1 Å². The highest BCUT2D eigenvalue weighted by molar-refractivity contribution is 6.32. The summed E-state index contributed by atoms with van der Waals surface area (Å²) in [4.78, 5) is 0. The van der Waals surface area contributed by atoms with Gasteiger partial charge >= 0.3 is 0 Å². The molecule has 0 aliphatic carbocycles. The van der Waals surface area contributed by atoms with Crippen LogP contribution in [0.4, 0.5) is 13.2 Å². The zero-order valence-electron chi connectivity index (χ0n) is 17.7. The van der Waals surface area contributed by atoms with E-state index in [2.05, 4.69) is 13.8 Å². The Morgan fingerprint density at radius 3 is 1.80 bits per heavy atom. The van der Waals surface area contributed by atoms with Crippen molar-refractivity contribution in [1.29, 1.82) is 0 Å². The van der Waals surface area contributed by atoms with Crippen LogP contribution in [0.5, 0.6) is 11.5 Å². The Morgan fingerprint density at radius 2 is 1.13 bits per heavy atom. The molecule has 0 fully saturated rings. The number of rotatable bonds is 13. The van der Waals surface area contributed by atoms with Crippen molar-refractivity contribution in [1.82, 2.24) is 0 Å². The molecule has 0 spiro atoms. The molecule has 2 aromatic carbocycles. The van der Waals surface area contributed by atoms with Gasteiger partial charge in [-0.1, -0.05) is 64.0 Å². The lowest BCUT2D eigenvalue weighted by atomic mass is 10.0. The van der Waals surface area contributed by atoms with Crippen molar-refractivity contribution in [3.8, 4) is 22.6 Å². The Labute approximate surface area is 182 Å². The SMILES string of the molecule is CCCCCCCOc1ccc(-c2ccc(OCCCCC)c(Cl)c2F)c(F)c1F. The predicted octanol–water partition coefficient (Wildman–Crippen LogP) is 8.34. The van der Waals surface area contributed by atoms with Gasteiger partial charge in [0, 0.05) is 11.1 Å². The molecule has 2 nitrogen and oxygen atoms in total. The van der Waals surface area contributed by atoms with Gasteiger partial charge < -0.3 is 9.47 Å². The van der Waals surface area contributed by atoms with Crippen LogP contribution in [0.2, 0.25) is 5.02 Å². The molecule has 0 bridgehead atoms. The first-order chi connectivity index (χ1) is 14.5. The molecule has 0 aliphatic rings. The van der Waals surface area contributed by atoms with Crippen molar-refractivity contribution in [3.63, 3.8) is 0 Å². The molecule has 0 heterocycles. The van der Waals surface area contributed by atoms with E-state index in [0.717, 1.165) is 51.4 Å². The quantitative estimate of drug-likeness (QED) is 0.290. The number of ether oxygens (including phenoxy) is 2. The van der Waals surface area contributed by atoms with Gasteiger partial charge in [0.2, 0.25) is 5.82 Å². The smallest absolute Gasteiger partial charge is 0.201 e. The van der Waals surface area contributed by atoms with E-state index < -0.39 is 17.5 Å². The van der Waals surface area contributed by atoms with E-state index in [4.69, 9.17) is 21.1 Å². The zero-order chi connectivity index (χ0) is 21.9. The Balaban J connectivity index is 2.10. The van der Waals surface area contributed by atoms with Crippen LogP contribution in [-0.2, 0) is 0 Å².